The minimum Gasteiger partial charge on any atom is -0.493 e. The first kappa shape index (κ1) is 21.7. The number of hydrogen-bond donors (Lipinski definition) is 1. The van der Waals surface area contributed by atoms with E-state index >= 15 is 0 Å². The Bertz CT molecular complexity index is 917. The van der Waals surface area contributed by atoms with E-state index in [2.05, 4.69) is 5.32 Å². The summed E-state index contributed by atoms with van der Waals surface area (Å²) in [5.74, 6) is -0.0883. The molecule has 2 aromatic carbocycles. The van der Waals surface area contributed by atoms with Crippen molar-refractivity contribution in [3.05, 3.63) is 59.7 Å². The van der Waals surface area contributed by atoms with Crippen molar-refractivity contribution in [2.45, 2.75) is 20.0 Å². The highest BCUT2D eigenvalue weighted by Gasteiger charge is 2.17. The molecule has 29 heavy (non-hydrogen) atoms. The molecule has 0 heterocycles. The van der Waals surface area contributed by atoms with Crippen LogP contribution in [0.2, 0.25) is 0 Å². The highest BCUT2D eigenvalue weighted by atomic mass is 16.5. The topological polar surface area (TPSA) is 90.9 Å². The number of nitrogens with one attached hydrogen (secondary N) is 1. The number of carbonyl (C=O) groups excluding carboxylic acids is 3. The van der Waals surface area contributed by atoms with Crippen molar-refractivity contribution in [3.8, 4) is 11.5 Å². The summed E-state index contributed by atoms with van der Waals surface area (Å²) in [6.07, 6.45) is 1.78. The Morgan fingerprint density at radius 2 is 1.62 bits per heavy atom. The van der Waals surface area contributed by atoms with Crippen molar-refractivity contribution in [1.82, 2.24) is 0 Å². The quantitative estimate of drug-likeness (QED) is 0.417. The van der Waals surface area contributed by atoms with Gasteiger partial charge < -0.3 is 19.5 Å². The highest BCUT2D eigenvalue weighted by molar-refractivity contribution is 5.98. The van der Waals surface area contributed by atoms with Crippen LogP contribution in [0.4, 0.5) is 5.69 Å². The molecule has 7 heteroatoms. The molecular weight excluding hydrogens is 374 g/mol. The molecule has 0 bridgehead atoms. The lowest BCUT2D eigenvalue weighted by atomic mass is 10.1. The maximum atomic E-state index is 12.2. The minimum absolute atomic E-state index is 0.0635. The molecule has 1 N–H and O–H groups in total. The lowest BCUT2D eigenvalue weighted by Crippen LogP contribution is -2.29. The third-order valence-electron chi connectivity index (χ3n) is 4.04. The molecule has 2 aromatic rings. The second-order valence-electron chi connectivity index (χ2n) is 6.15. The number of carbonyl (C=O) groups is 3. The molecule has 0 unspecified atom stereocenters. The van der Waals surface area contributed by atoms with Crippen LogP contribution < -0.4 is 14.8 Å². The van der Waals surface area contributed by atoms with E-state index in [1.807, 2.05) is 0 Å². The molecule has 1 amide bonds. The first-order valence-electron chi connectivity index (χ1n) is 8.86. The molecule has 0 aliphatic rings. The standard InChI is InChI=1S/C22H23NO6/c1-14(24)17-7-9-18(10-8-17)23-22(26)15(2)29-21(25)12-6-16-5-11-19(27-3)20(13-16)28-4/h5-13,15H,1-4H3,(H,23,26)/b12-6+/t15-/m0/s1. The summed E-state index contributed by atoms with van der Waals surface area (Å²) in [5, 5.41) is 2.63. The fourth-order valence-corrected chi connectivity index (χ4v) is 2.42. The van der Waals surface area contributed by atoms with Crippen LogP contribution in [0.15, 0.2) is 48.5 Å². The number of benzene rings is 2. The summed E-state index contributed by atoms with van der Waals surface area (Å²) in [6.45, 7) is 2.94. The van der Waals surface area contributed by atoms with Crippen molar-refractivity contribution in [2.24, 2.45) is 0 Å². The third-order valence-corrected chi connectivity index (χ3v) is 4.04. The predicted molar refractivity (Wildman–Crippen MR) is 109 cm³/mol. The van der Waals surface area contributed by atoms with Crippen molar-refractivity contribution in [2.75, 3.05) is 19.5 Å². The van der Waals surface area contributed by atoms with E-state index in [1.54, 1.807) is 48.5 Å². The molecule has 0 saturated carbocycles. The summed E-state index contributed by atoms with van der Waals surface area (Å²) in [4.78, 5) is 35.5. The average molecular weight is 397 g/mol. The van der Waals surface area contributed by atoms with E-state index in [0.29, 0.717) is 28.3 Å². The van der Waals surface area contributed by atoms with Gasteiger partial charge in [0.25, 0.3) is 5.91 Å². The minimum atomic E-state index is -0.995. The van der Waals surface area contributed by atoms with Crippen LogP contribution >= 0.6 is 0 Å². The van der Waals surface area contributed by atoms with Gasteiger partial charge in [-0.05, 0) is 61.9 Å². The maximum Gasteiger partial charge on any atom is 0.331 e. The number of esters is 1. The van der Waals surface area contributed by atoms with Gasteiger partial charge in [0.2, 0.25) is 0 Å². The summed E-state index contributed by atoms with van der Waals surface area (Å²) in [7, 11) is 3.06. The zero-order chi connectivity index (χ0) is 21.4. The third kappa shape index (κ3) is 6.21. The Balaban J connectivity index is 1.93. The van der Waals surface area contributed by atoms with Gasteiger partial charge in [-0.15, -0.1) is 0 Å². The maximum absolute atomic E-state index is 12.2. The molecule has 7 nitrogen and oxygen atoms in total. The first-order chi connectivity index (χ1) is 13.8. The number of ether oxygens (including phenoxy) is 3. The van der Waals surface area contributed by atoms with Crippen molar-refractivity contribution in [1.29, 1.82) is 0 Å². The zero-order valence-corrected chi connectivity index (χ0v) is 16.7. The Morgan fingerprint density at radius 1 is 0.966 bits per heavy atom. The Labute approximate surface area is 169 Å². The van der Waals surface area contributed by atoms with Crippen LogP contribution in [0.5, 0.6) is 11.5 Å². The van der Waals surface area contributed by atoms with Crippen LogP contribution in [0.3, 0.4) is 0 Å². The lowest BCUT2D eigenvalue weighted by molar-refractivity contribution is -0.148. The second kappa shape index (κ2) is 10.1. The summed E-state index contributed by atoms with van der Waals surface area (Å²) in [5.41, 5.74) is 1.76. The lowest BCUT2D eigenvalue weighted by Gasteiger charge is -2.12. The first-order valence-corrected chi connectivity index (χ1v) is 8.86. The zero-order valence-electron chi connectivity index (χ0n) is 16.7. The molecule has 1 atom stereocenters. The number of rotatable bonds is 8. The van der Waals surface area contributed by atoms with Gasteiger partial charge in [-0.1, -0.05) is 6.07 Å². The van der Waals surface area contributed by atoms with Gasteiger partial charge in [0, 0.05) is 17.3 Å². The highest BCUT2D eigenvalue weighted by Crippen LogP contribution is 2.27. The number of amides is 1. The second-order valence-corrected chi connectivity index (χ2v) is 6.15. The molecule has 0 aromatic heterocycles. The molecule has 0 aliphatic heterocycles. The molecule has 0 spiro atoms. The molecule has 0 saturated heterocycles. The van der Waals surface area contributed by atoms with E-state index in [9.17, 15) is 14.4 Å². The van der Waals surface area contributed by atoms with Crippen LogP contribution in [0, 0.1) is 0 Å². The molecule has 0 fully saturated rings. The molecule has 0 radical (unpaired) electrons. The number of Topliss-reactive ketones (excluding diaryl/α,β-unsaturated/α-hetero) is 1. The van der Waals surface area contributed by atoms with Crippen LogP contribution in [-0.4, -0.2) is 38.0 Å². The smallest absolute Gasteiger partial charge is 0.331 e. The summed E-state index contributed by atoms with van der Waals surface area (Å²) in [6, 6.07) is 11.6. The van der Waals surface area contributed by atoms with Crippen molar-refractivity contribution < 1.29 is 28.6 Å². The van der Waals surface area contributed by atoms with Gasteiger partial charge in [0.1, 0.15) is 0 Å². The van der Waals surface area contributed by atoms with Gasteiger partial charge in [0.05, 0.1) is 14.2 Å². The largest absolute Gasteiger partial charge is 0.493 e. The molecular formula is C22H23NO6. The molecule has 152 valence electrons. The van der Waals surface area contributed by atoms with Gasteiger partial charge in [-0.25, -0.2) is 4.79 Å². The van der Waals surface area contributed by atoms with Crippen LogP contribution in [0.1, 0.15) is 29.8 Å². The number of hydrogen-bond acceptors (Lipinski definition) is 6. The summed E-state index contributed by atoms with van der Waals surface area (Å²) >= 11 is 0. The van der Waals surface area contributed by atoms with Gasteiger partial charge in [-0.3, -0.25) is 9.59 Å². The fourth-order valence-electron chi connectivity index (χ4n) is 2.42. The molecule has 0 aliphatic carbocycles. The van der Waals surface area contributed by atoms with E-state index < -0.39 is 18.0 Å². The van der Waals surface area contributed by atoms with E-state index in [0.717, 1.165) is 0 Å². The van der Waals surface area contributed by atoms with E-state index in [1.165, 1.54) is 34.1 Å². The molecule has 2 rings (SSSR count). The number of ketones is 1. The SMILES string of the molecule is COc1ccc(/C=C/C(=O)O[C@@H](C)C(=O)Nc2ccc(C(C)=O)cc2)cc1OC. The number of methoxy groups -OCH3 is 2. The van der Waals surface area contributed by atoms with Crippen molar-refractivity contribution in [3.63, 3.8) is 0 Å². The monoisotopic (exact) mass is 397 g/mol. The number of anilines is 1. The Morgan fingerprint density at radius 3 is 2.21 bits per heavy atom. The van der Waals surface area contributed by atoms with E-state index in [-0.39, 0.29) is 5.78 Å². The van der Waals surface area contributed by atoms with Crippen molar-refractivity contribution >= 4 is 29.4 Å². The van der Waals surface area contributed by atoms with Gasteiger partial charge in [0.15, 0.2) is 23.4 Å². The predicted octanol–water partition coefficient (Wildman–Crippen LogP) is 3.49. The van der Waals surface area contributed by atoms with Gasteiger partial charge >= 0.3 is 5.97 Å². The van der Waals surface area contributed by atoms with Crippen LogP contribution in [-0.2, 0) is 14.3 Å². The van der Waals surface area contributed by atoms with Gasteiger partial charge in [-0.2, -0.15) is 0 Å². The Hall–Kier alpha value is -3.61. The average Bonchev–Trinajstić information content (AvgIpc) is 2.72. The normalized spacial score (nSPS) is 11.6. The fraction of sp³-hybridized carbons (Fsp3) is 0.227. The Kier molecular flexibility index (Phi) is 7.54. The summed E-state index contributed by atoms with van der Waals surface area (Å²) < 4.78 is 15.5. The van der Waals surface area contributed by atoms with E-state index in [4.69, 9.17) is 14.2 Å². The van der Waals surface area contributed by atoms with Crippen LogP contribution in [0.25, 0.3) is 6.08 Å².